The average molecular weight is 291 g/mol. The molecule has 0 saturated heterocycles. The van der Waals surface area contributed by atoms with Crippen molar-refractivity contribution in [2.75, 3.05) is 13.1 Å². The largest absolute Gasteiger partial charge is 0.461 e. The molecule has 1 aromatic rings. The lowest BCUT2D eigenvalue weighted by molar-refractivity contribution is -0.149. The van der Waals surface area contributed by atoms with Crippen molar-refractivity contribution in [3.05, 3.63) is 35.9 Å². The van der Waals surface area contributed by atoms with Crippen molar-refractivity contribution in [2.45, 2.75) is 38.9 Å². The first kappa shape index (κ1) is 16.0. The third-order valence-electron chi connectivity index (χ3n) is 4.10. The Hall–Kier alpha value is -1.39. The molecule has 3 atom stereocenters. The molecule has 1 aliphatic rings. The minimum Gasteiger partial charge on any atom is -0.461 e. The van der Waals surface area contributed by atoms with Gasteiger partial charge in [0.25, 0.3) is 0 Å². The van der Waals surface area contributed by atoms with Crippen LogP contribution in [0.4, 0.5) is 0 Å². The highest BCUT2D eigenvalue weighted by atomic mass is 16.5. The summed E-state index contributed by atoms with van der Waals surface area (Å²) < 4.78 is 5.31. The summed E-state index contributed by atoms with van der Waals surface area (Å²) in [7, 11) is 0. The summed E-state index contributed by atoms with van der Waals surface area (Å²) in [5.74, 6) is -0.0249. The molecule has 2 rings (SSSR count). The molecule has 0 bridgehead atoms. The van der Waals surface area contributed by atoms with Crippen LogP contribution < -0.4 is 5.32 Å². The number of aliphatic hydroxyl groups excluding tert-OH is 1. The van der Waals surface area contributed by atoms with Crippen molar-refractivity contribution in [1.29, 1.82) is 0 Å². The summed E-state index contributed by atoms with van der Waals surface area (Å²) in [5, 5.41) is 13.0. The predicted octanol–water partition coefficient (Wildman–Crippen LogP) is 2.12. The fourth-order valence-corrected chi connectivity index (χ4v) is 2.69. The van der Waals surface area contributed by atoms with Gasteiger partial charge in [-0.3, -0.25) is 4.79 Å². The highest BCUT2D eigenvalue weighted by Crippen LogP contribution is 2.24. The second kappa shape index (κ2) is 8.15. The molecule has 116 valence electrons. The van der Waals surface area contributed by atoms with Crippen molar-refractivity contribution in [2.24, 2.45) is 11.8 Å². The monoisotopic (exact) mass is 291 g/mol. The molecule has 1 saturated carbocycles. The standard InChI is InChI=1S/C17H25NO3/c1-13(10-18-11-15-8-5-9-16(15)19)17(20)21-12-14-6-3-2-4-7-14/h2-4,6-7,13,15-16,18-19H,5,8-12H2,1H3. The van der Waals surface area contributed by atoms with Crippen molar-refractivity contribution in [1.82, 2.24) is 5.32 Å². The van der Waals surface area contributed by atoms with Crippen molar-refractivity contribution in [3.63, 3.8) is 0 Å². The molecule has 1 aromatic carbocycles. The third kappa shape index (κ3) is 5.14. The van der Waals surface area contributed by atoms with E-state index in [9.17, 15) is 9.90 Å². The van der Waals surface area contributed by atoms with Gasteiger partial charge in [0.2, 0.25) is 0 Å². The van der Waals surface area contributed by atoms with E-state index in [0.717, 1.165) is 31.4 Å². The Kier molecular flexibility index (Phi) is 6.21. The van der Waals surface area contributed by atoms with Crippen LogP contribution in [-0.4, -0.2) is 30.3 Å². The minimum atomic E-state index is -0.183. The maximum absolute atomic E-state index is 11.9. The first-order valence-electron chi connectivity index (χ1n) is 7.76. The molecule has 21 heavy (non-hydrogen) atoms. The molecule has 3 unspecified atom stereocenters. The second-order valence-electron chi connectivity index (χ2n) is 5.91. The molecule has 1 fully saturated rings. The van der Waals surface area contributed by atoms with E-state index in [2.05, 4.69) is 5.32 Å². The van der Waals surface area contributed by atoms with Crippen LogP contribution in [0.3, 0.4) is 0 Å². The fourth-order valence-electron chi connectivity index (χ4n) is 2.69. The fraction of sp³-hybridized carbons (Fsp3) is 0.588. The molecule has 4 nitrogen and oxygen atoms in total. The molecular formula is C17H25NO3. The summed E-state index contributed by atoms with van der Waals surface area (Å²) >= 11 is 0. The van der Waals surface area contributed by atoms with Gasteiger partial charge in [0.1, 0.15) is 6.61 Å². The number of rotatable bonds is 7. The zero-order valence-corrected chi connectivity index (χ0v) is 12.6. The maximum atomic E-state index is 11.9. The molecule has 2 N–H and O–H groups in total. The van der Waals surface area contributed by atoms with Crippen LogP contribution in [0.1, 0.15) is 31.7 Å². The quantitative estimate of drug-likeness (QED) is 0.756. The van der Waals surface area contributed by atoms with Crippen LogP contribution in [0.5, 0.6) is 0 Å². The molecule has 0 spiro atoms. The van der Waals surface area contributed by atoms with Gasteiger partial charge in [0.15, 0.2) is 0 Å². The number of ether oxygens (including phenoxy) is 1. The Bertz CT molecular complexity index is 435. The normalized spacial score (nSPS) is 23.0. The van der Waals surface area contributed by atoms with E-state index in [1.807, 2.05) is 37.3 Å². The Labute approximate surface area is 126 Å². The van der Waals surface area contributed by atoms with Gasteiger partial charge in [0, 0.05) is 13.1 Å². The zero-order chi connectivity index (χ0) is 15.1. The van der Waals surface area contributed by atoms with Crippen molar-refractivity contribution in [3.8, 4) is 0 Å². The van der Waals surface area contributed by atoms with E-state index in [0.29, 0.717) is 19.1 Å². The molecule has 1 aliphatic carbocycles. The number of hydrogen-bond donors (Lipinski definition) is 2. The van der Waals surface area contributed by atoms with Gasteiger partial charge in [-0.25, -0.2) is 0 Å². The number of hydrogen-bond acceptors (Lipinski definition) is 4. The van der Waals surface area contributed by atoms with Crippen LogP contribution in [0.2, 0.25) is 0 Å². The van der Waals surface area contributed by atoms with Gasteiger partial charge in [0.05, 0.1) is 12.0 Å². The Morgan fingerprint density at radius 3 is 2.81 bits per heavy atom. The molecule has 4 heteroatoms. The number of nitrogens with one attached hydrogen (secondary N) is 1. The van der Waals surface area contributed by atoms with Crippen molar-refractivity contribution < 1.29 is 14.6 Å². The summed E-state index contributed by atoms with van der Waals surface area (Å²) in [5.41, 5.74) is 1.00. The van der Waals surface area contributed by atoms with E-state index in [-0.39, 0.29) is 18.0 Å². The van der Waals surface area contributed by atoms with E-state index in [1.165, 1.54) is 0 Å². The molecular weight excluding hydrogens is 266 g/mol. The van der Waals surface area contributed by atoms with Gasteiger partial charge in [-0.2, -0.15) is 0 Å². The lowest BCUT2D eigenvalue weighted by atomic mass is 10.1. The third-order valence-corrected chi connectivity index (χ3v) is 4.10. The minimum absolute atomic E-state index is 0.174. The lowest BCUT2D eigenvalue weighted by Gasteiger charge is -2.17. The summed E-state index contributed by atoms with van der Waals surface area (Å²) in [6.07, 6.45) is 2.89. The number of aliphatic hydroxyl groups is 1. The smallest absolute Gasteiger partial charge is 0.310 e. The number of benzene rings is 1. The number of carbonyl (C=O) groups is 1. The Balaban J connectivity index is 1.63. The van der Waals surface area contributed by atoms with Crippen LogP contribution in [-0.2, 0) is 16.1 Å². The average Bonchev–Trinajstić information content (AvgIpc) is 2.91. The van der Waals surface area contributed by atoms with Crippen molar-refractivity contribution >= 4 is 5.97 Å². The predicted molar refractivity (Wildman–Crippen MR) is 81.6 cm³/mol. The molecule has 0 radical (unpaired) electrons. The maximum Gasteiger partial charge on any atom is 0.310 e. The van der Waals surface area contributed by atoms with Gasteiger partial charge in [-0.15, -0.1) is 0 Å². The summed E-state index contributed by atoms with van der Waals surface area (Å²) in [6, 6.07) is 9.69. The van der Waals surface area contributed by atoms with Crippen LogP contribution in [0.25, 0.3) is 0 Å². The first-order valence-corrected chi connectivity index (χ1v) is 7.76. The summed E-state index contributed by atoms with van der Waals surface area (Å²) in [6.45, 7) is 3.56. The van der Waals surface area contributed by atoms with Gasteiger partial charge < -0.3 is 15.2 Å². The zero-order valence-electron chi connectivity index (χ0n) is 12.6. The van der Waals surface area contributed by atoms with Crippen LogP contribution in [0.15, 0.2) is 30.3 Å². The van der Waals surface area contributed by atoms with Crippen LogP contribution >= 0.6 is 0 Å². The SMILES string of the molecule is CC(CNCC1CCCC1O)C(=O)OCc1ccccc1. The highest BCUT2D eigenvalue weighted by Gasteiger charge is 2.25. The van der Waals surface area contributed by atoms with Gasteiger partial charge in [-0.05, 0) is 24.3 Å². The van der Waals surface area contributed by atoms with Gasteiger partial charge in [-0.1, -0.05) is 43.7 Å². The van der Waals surface area contributed by atoms with E-state index >= 15 is 0 Å². The lowest BCUT2D eigenvalue weighted by Crippen LogP contribution is -2.33. The van der Waals surface area contributed by atoms with E-state index in [4.69, 9.17) is 4.74 Å². The highest BCUT2D eigenvalue weighted by molar-refractivity contribution is 5.72. The molecule has 0 aliphatic heterocycles. The van der Waals surface area contributed by atoms with E-state index in [1.54, 1.807) is 0 Å². The summed E-state index contributed by atoms with van der Waals surface area (Å²) in [4.78, 5) is 11.9. The van der Waals surface area contributed by atoms with E-state index < -0.39 is 0 Å². The number of esters is 1. The Morgan fingerprint density at radius 1 is 1.38 bits per heavy atom. The van der Waals surface area contributed by atoms with Gasteiger partial charge >= 0.3 is 5.97 Å². The number of carbonyl (C=O) groups excluding carboxylic acids is 1. The first-order chi connectivity index (χ1) is 10.2. The topological polar surface area (TPSA) is 58.6 Å². The Morgan fingerprint density at radius 2 is 2.14 bits per heavy atom. The second-order valence-corrected chi connectivity index (χ2v) is 5.91. The molecule has 0 aromatic heterocycles. The molecule has 0 amide bonds. The van der Waals surface area contributed by atoms with Crippen LogP contribution in [0, 0.1) is 11.8 Å². The molecule has 0 heterocycles.